The van der Waals surface area contributed by atoms with Gasteiger partial charge < -0.3 is 28.4 Å². The highest BCUT2D eigenvalue weighted by Crippen LogP contribution is 2.09. The Labute approximate surface area is 190 Å². The number of ether oxygens (including phenoxy) is 6. The first kappa shape index (κ1) is 29.0. The minimum Gasteiger partial charge on any atom is -0.466 e. The summed E-state index contributed by atoms with van der Waals surface area (Å²) in [5.74, 6) is -5.18. The monoisotopic (exact) mass is 470 g/mol. The molecule has 182 valence electrons. The van der Waals surface area contributed by atoms with Crippen molar-refractivity contribution >= 4 is 35.8 Å². The Morgan fingerprint density at radius 1 is 0.576 bits per heavy atom. The van der Waals surface area contributed by atoms with E-state index in [1.165, 1.54) is 0 Å². The zero-order valence-electron chi connectivity index (χ0n) is 18.6. The van der Waals surface area contributed by atoms with Crippen molar-refractivity contribution in [3.63, 3.8) is 0 Å². The molecule has 0 heterocycles. The quantitative estimate of drug-likeness (QED) is 0.195. The molecular formula is C21H26O12. The van der Waals surface area contributed by atoms with Crippen molar-refractivity contribution in [2.24, 2.45) is 0 Å². The lowest BCUT2D eigenvalue weighted by Gasteiger charge is -2.18. The van der Waals surface area contributed by atoms with E-state index in [0.717, 1.165) is 21.3 Å². The molecule has 0 saturated heterocycles. The Balaban J connectivity index is 5.02. The number of esters is 6. The first-order valence-corrected chi connectivity index (χ1v) is 9.24. The van der Waals surface area contributed by atoms with Crippen LogP contribution in [0.3, 0.4) is 0 Å². The van der Waals surface area contributed by atoms with Crippen LogP contribution in [0.25, 0.3) is 0 Å². The molecule has 0 spiro atoms. The molecule has 0 aromatic heterocycles. The molecule has 0 aromatic rings. The molecule has 0 rings (SSSR count). The average Bonchev–Trinajstić information content (AvgIpc) is 2.78. The highest BCUT2D eigenvalue weighted by Gasteiger charge is 2.23. The van der Waals surface area contributed by atoms with Gasteiger partial charge in [-0.15, -0.1) is 0 Å². The Bertz CT molecular complexity index is 777. The van der Waals surface area contributed by atoms with Gasteiger partial charge in [0.25, 0.3) is 0 Å². The SMILES string of the molecule is C=C(CC(=O)OCC(COC(=O)CC(=C)C(=O)OC)OC(=O)CC(=C)C(=O)OC)C(=O)OC. The summed E-state index contributed by atoms with van der Waals surface area (Å²) in [5, 5.41) is 0. The van der Waals surface area contributed by atoms with Gasteiger partial charge >= 0.3 is 35.8 Å². The molecule has 12 heteroatoms. The molecule has 0 bridgehead atoms. The zero-order chi connectivity index (χ0) is 25.6. The van der Waals surface area contributed by atoms with E-state index in [4.69, 9.17) is 14.2 Å². The topological polar surface area (TPSA) is 158 Å². The van der Waals surface area contributed by atoms with Crippen molar-refractivity contribution in [2.75, 3.05) is 34.5 Å². The average molecular weight is 470 g/mol. The van der Waals surface area contributed by atoms with Gasteiger partial charge in [0.2, 0.25) is 0 Å². The molecule has 0 fully saturated rings. The summed E-state index contributed by atoms with van der Waals surface area (Å²) >= 11 is 0. The Morgan fingerprint density at radius 2 is 0.879 bits per heavy atom. The lowest BCUT2D eigenvalue weighted by Crippen LogP contribution is -2.31. The summed E-state index contributed by atoms with van der Waals surface area (Å²) in [6.45, 7) is 9.02. The Kier molecular flexibility index (Phi) is 13.2. The molecule has 0 saturated carbocycles. The summed E-state index contributed by atoms with van der Waals surface area (Å²) in [4.78, 5) is 69.8. The van der Waals surface area contributed by atoms with E-state index in [2.05, 4.69) is 33.9 Å². The van der Waals surface area contributed by atoms with Crippen molar-refractivity contribution in [3.8, 4) is 0 Å². The fourth-order valence-electron chi connectivity index (χ4n) is 1.99. The second-order valence-corrected chi connectivity index (χ2v) is 6.29. The minimum atomic E-state index is -1.28. The van der Waals surface area contributed by atoms with Gasteiger partial charge in [-0.1, -0.05) is 19.7 Å². The van der Waals surface area contributed by atoms with Crippen LogP contribution in [0.1, 0.15) is 19.3 Å². The predicted octanol–water partition coefficient (Wildman–Crippen LogP) is 0.343. The largest absolute Gasteiger partial charge is 0.466 e. The van der Waals surface area contributed by atoms with Crippen LogP contribution in [0.2, 0.25) is 0 Å². The van der Waals surface area contributed by atoms with Gasteiger partial charge in [0.15, 0.2) is 6.10 Å². The lowest BCUT2D eigenvalue weighted by molar-refractivity contribution is -0.166. The Morgan fingerprint density at radius 3 is 1.18 bits per heavy atom. The third-order valence-electron chi connectivity index (χ3n) is 3.65. The van der Waals surface area contributed by atoms with Crippen molar-refractivity contribution in [2.45, 2.75) is 25.4 Å². The highest BCUT2D eigenvalue weighted by molar-refractivity contribution is 5.94. The van der Waals surface area contributed by atoms with Crippen LogP contribution in [0.15, 0.2) is 36.5 Å². The van der Waals surface area contributed by atoms with E-state index in [1.54, 1.807) is 0 Å². The van der Waals surface area contributed by atoms with E-state index in [9.17, 15) is 28.8 Å². The summed E-state index contributed by atoms with van der Waals surface area (Å²) in [7, 11) is 3.32. The summed E-state index contributed by atoms with van der Waals surface area (Å²) in [6, 6.07) is 0. The van der Waals surface area contributed by atoms with Crippen LogP contribution in [-0.2, 0) is 57.2 Å². The van der Waals surface area contributed by atoms with Gasteiger partial charge in [0.05, 0.1) is 40.6 Å². The van der Waals surface area contributed by atoms with E-state index in [1.807, 2.05) is 0 Å². The standard InChI is InChI=1S/C21H26O12/c1-12(19(25)28-4)7-16(22)31-10-15(33-18(24)9-14(3)21(27)30-6)11-32-17(23)8-13(2)20(26)29-5/h15H,1-3,7-11H2,4-6H3. The smallest absolute Gasteiger partial charge is 0.333 e. The molecule has 0 radical (unpaired) electrons. The number of methoxy groups -OCH3 is 3. The van der Waals surface area contributed by atoms with Crippen LogP contribution in [0.5, 0.6) is 0 Å². The number of rotatable bonds is 14. The van der Waals surface area contributed by atoms with Gasteiger partial charge in [0.1, 0.15) is 13.2 Å². The molecule has 0 unspecified atom stereocenters. The highest BCUT2D eigenvalue weighted by atomic mass is 16.6. The molecule has 12 nitrogen and oxygen atoms in total. The molecule has 0 aromatic carbocycles. The summed E-state index contributed by atoms with van der Waals surface area (Å²) < 4.78 is 28.2. The normalized spacial score (nSPS) is 9.82. The molecule has 0 aliphatic rings. The molecule has 33 heavy (non-hydrogen) atoms. The van der Waals surface area contributed by atoms with E-state index in [0.29, 0.717) is 0 Å². The van der Waals surface area contributed by atoms with Crippen molar-refractivity contribution < 1.29 is 57.2 Å². The molecular weight excluding hydrogens is 444 g/mol. The van der Waals surface area contributed by atoms with Gasteiger partial charge in [-0.2, -0.15) is 0 Å². The van der Waals surface area contributed by atoms with E-state index < -0.39 is 74.4 Å². The minimum absolute atomic E-state index is 0.168. The fraction of sp³-hybridized carbons (Fsp3) is 0.429. The van der Waals surface area contributed by atoms with Crippen LogP contribution < -0.4 is 0 Å². The molecule has 0 amide bonds. The number of carbonyl (C=O) groups is 6. The second kappa shape index (κ2) is 14.9. The summed E-state index contributed by atoms with van der Waals surface area (Å²) in [6.07, 6.45) is -2.81. The number of hydrogen-bond acceptors (Lipinski definition) is 12. The lowest BCUT2D eigenvalue weighted by atomic mass is 10.2. The molecule has 0 atom stereocenters. The van der Waals surface area contributed by atoms with E-state index in [-0.39, 0.29) is 16.7 Å². The van der Waals surface area contributed by atoms with Crippen molar-refractivity contribution in [1.82, 2.24) is 0 Å². The van der Waals surface area contributed by atoms with Crippen LogP contribution in [-0.4, -0.2) is 76.5 Å². The van der Waals surface area contributed by atoms with Crippen LogP contribution in [0.4, 0.5) is 0 Å². The van der Waals surface area contributed by atoms with Crippen molar-refractivity contribution in [1.29, 1.82) is 0 Å². The van der Waals surface area contributed by atoms with Crippen molar-refractivity contribution in [3.05, 3.63) is 36.5 Å². The first-order valence-electron chi connectivity index (χ1n) is 9.24. The van der Waals surface area contributed by atoms with Gasteiger partial charge in [-0.3, -0.25) is 14.4 Å². The molecule has 0 N–H and O–H groups in total. The maximum atomic E-state index is 12.1. The maximum absolute atomic E-state index is 12.1. The molecule has 0 aliphatic heterocycles. The van der Waals surface area contributed by atoms with Crippen LogP contribution in [0, 0.1) is 0 Å². The summed E-state index contributed by atoms with van der Waals surface area (Å²) in [5.41, 5.74) is -0.532. The predicted molar refractivity (Wildman–Crippen MR) is 109 cm³/mol. The van der Waals surface area contributed by atoms with Gasteiger partial charge in [-0.05, 0) is 0 Å². The zero-order valence-corrected chi connectivity index (χ0v) is 18.6. The van der Waals surface area contributed by atoms with Crippen LogP contribution >= 0.6 is 0 Å². The fourth-order valence-corrected chi connectivity index (χ4v) is 1.99. The second-order valence-electron chi connectivity index (χ2n) is 6.29. The van der Waals surface area contributed by atoms with E-state index >= 15 is 0 Å². The third-order valence-corrected chi connectivity index (χ3v) is 3.65. The third kappa shape index (κ3) is 11.9. The van der Waals surface area contributed by atoms with Gasteiger partial charge in [0, 0.05) is 16.7 Å². The van der Waals surface area contributed by atoms with Gasteiger partial charge in [-0.25, -0.2) is 14.4 Å². The Hall–Kier alpha value is -3.96. The maximum Gasteiger partial charge on any atom is 0.333 e. The molecule has 0 aliphatic carbocycles. The number of carbonyl (C=O) groups excluding carboxylic acids is 6. The first-order chi connectivity index (χ1) is 15.4. The number of hydrogen-bond donors (Lipinski definition) is 0.